The van der Waals surface area contributed by atoms with Gasteiger partial charge in [-0.05, 0) is 43.7 Å². The minimum Gasteiger partial charge on any atom is -0.466 e. The zero-order chi connectivity index (χ0) is 13.5. The summed E-state index contributed by atoms with van der Waals surface area (Å²) >= 11 is 0. The van der Waals surface area contributed by atoms with Crippen LogP contribution in [0.3, 0.4) is 0 Å². The molecule has 2 heteroatoms. The first-order valence-electron chi connectivity index (χ1n) is 6.76. The van der Waals surface area contributed by atoms with Crippen molar-refractivity contribution in [2.24, 2.45) is 5.92 Å². The molecule has 1 rings (SSSR count). The number of carbonyl (C=O) groups is 1. The van der Waals surface area contributed by atoms with Crippen molar-refractivity contribution < 1.29 is 9.53 Å². The van der Waals surface area contributed by atoms with Crippen molar-refractivity contribution in [2.75, 3.05) is 6.61 Å². The van der Waals surface area contributed by atoms with Gasteiger partial charge in [0.15, 0.2) is 0 Å². The summed E-state index contributed by atoms with van der Waals surface area (Å²) in [6.07, 6.45) is 2.33. The van der Waals surface area contributed by atoms with Gasteiger partial charge in [-0.3, -0.25) is 4.79 Å². The molecule has 0 aliphatic rings. The predicted molar refractivity (Wildman–Crippen MR) is 74.7 cm³/mol. The van der Waals surface area contributed by atoms with Crippen molar-refractivity contribution in [3.8, 4) is 0 Å². The number of esters is 1. The number of hydrogen-bond donors (Lipinski definition) is 0. The molecule has 0 spiro atoms. The SMILES string of the molecule is CCOC(=O)CCc1cc(C)cc(CC(C)C)c1. The van der Waals surface area contributed by atoms with Gasteiger partial charge in [0, 0.05) is 6.42 Å². The van der Waals surface area contributed by atoms with Gasteiger partial charge in [-0.25, -0.2) is 0 Å². The second-order valence-corrected chi connectivity index (χ2v) is 5.23. The summed E-state index contributed by atoms with van der Waals surface area (Å²) in [5.74, 6) is 0.550. The number of benzene rings is 1. The van der Waals surface area contributed by atoms with Crippen LogP contribution in [0.1, 0.15) is 43.9 Å². The fourth-order valence-electron chi connectivity index (χ4n) is 2.16. The average molecular weight is 248 g/mol. The first-order chi connectivity index (χ1) is 8.51. The van der Waals surface area contributed by atoms with E-state index in [1.807, 2.05) is 6.92 Å². The highest BCUT2D eigenvalue weighted by Crippen LogP contribution is 2.15. The zero-order valence-corrected chi connectivity index (χ0v) is 12.0. The Hall–Kier alpha value is -1.31. The van der Waals surface area contributed by atoms with Crippen molar-refractivity contribution in [1.29, 1.82) is 0 Å². The van der Waals surface area contributed by atoms with Crippen molar-refractivity contribution in [1.82, 2.24) is 0 Å². The van der Waals surface area contributed by atoms with Crippen LogP contribution in [0, 0.1) is 12.8 Å². The topological polar surface area (TPSA) is 26.3 Å². The lowest BCUT2D eigenvalue weighted by atomic mass is 9.97. The quantitative estimate of drug-likeness (QED) is 0.718. The minimum atomic E-state index is -0.107. The fraction of sp³-hybridized carbons (Fsp3) is 0.562. The predicted octanol–water partition coefficient (Wildman–Crippen LogP) is 3.69. The normalized spacial score (nSPS) is 10.7. The van der Waals surface area contributed by atoms with Crippen molar-refractivity contribution >= 4 is 5.97 Å². The second kappa shape index (κ2) is 7.20. The monoisotopic (exact) mass is 248 g/mol. The molecule has 2 nitrogen and oxygen atoms in total. The Kier molecular flexibility index (Phi) is 5.90. The van der Waals surface area contributed by atoms with E-state index in [0.29, 0.717) is 18.9 Å². The third kappa shape index (κ3) is 5.35. The summed E-state index contributed by atoms with van der Waals surface area (Å²) in [5.41, 5.74) is 3.87. The molecule has 0 heterocycles. The van der Waals surface area contributed by atoms with E-state index < -0.39 is 0 Å². The standard InChI is InChI=1S/C16H24O2/c1-5-18-16(17)7-6-14-9-13(4)10-15(11-14)8-12(2)3/h9-12H,5-8H2,1-4H3. The molecule has 0 aliphatic heterocycles. The van der Waals surface area contributed by atoms with E-state index >= 15 is 0 Å². The van der Waals surface area contributed by atoms with Gasteiger partial charge in [0.1, 0.15) is 0 Å². The van der Waals surface area contributed by atoms with Crippen LogP contribution in [0.15, 0.2) is 18.2 Å². The Morgan fingerprint density at radius 3 is 2.50 bits per heavy atom. The molecule has 0 aromatic heterocycles. The summed E-state index contributed by atoms with van der Waals surface area (Å²) < 4.78 is 4.95. The van der Waals surface area contributed by atoms with Gasteiger partial charge >= 0.3 is 5.97 Å². The third-order valence-corrected chi connectivity index (χ3v) is 2.76. The molecule has 0 aliphatic carbocycles. The Morgan fingerprint density at radius 2 is 1.89 bits per heavy atom. The van der Waals surface area contributed by atoms with Crippen LogP contribution < -0.4 is 0 Å². The molecular weight excluding hydrogens is 224 g/mol. The van der Waals surface area contributed by atoms with Crippen LogP contribution in [-0.4, -0.2) is 12.6 Å². The molecule has 0 saturated carbocycles. The maximum absolute atomic E-state index is 11.3. The van der Waals surface area contributed by atoms with Crippen LogP contribution in [0.4, 0.5) is 0 Å². The molecule has 0 radical (unpaired) electrons. The highest BCUT2D eigenvalue weighted by Gasteiger charge is 2.05. The van der Waals surface area contributed by atoms with Crippen LogP contribution in [0.2, 0.25) is 0 Å². The highest BCUT2D eigenvalue weighted by molar-refractivity contribution is 5.69. The number of hydrogen-bond acceptors (Lipinski definition) is 2. The zero-order valence-electron chi connectivity index (χ0n) is 12.0. The van der Waals surface area contributed by atoms with Gasteiger partial charge in [0.05, 0.1) is 6.61 Å². The Morgan fingerprint density at radius 1 is 1.22 bits per heavy atom. The maximum atomic E-state index is 11.3. The van der Waals surface area contributed by atoms with Gasteiger partial charge in [-0.2, -0.15) is 0 Å². The number of carbonyl (C=O) groups excluding carboxylic acids is 1. The van der Waals surface area contributed by atoms with Crippen molar-refractivity contribution in [3.63, 3.8) is 0 Å². The third-order valence-electron chi connectivity index (χ3n) is 2.76. The Balaban J connectivity index is 2.65. The molecule has 0 fully saturated rings. The maximum Gasteiger partial charge on any atom is 0.306 e. The summed E-state index contributed by atoms with van der Waals surface area (Å²) in [6.45, 7) is 8.86. The fourth-order valence-corrected chi connectivity index (χ4v) is 2.16. The number of ether oxygens (including phenoxy) is 1. The molecule has 0 N–H and O–H groups in total. The summed E-state index contributed by atoms with van der Waals surface area (Å²) in [5, 5.41) is 0. The first kappa shape index (κ1) is 14.7. The summed E-state index contributed by atoms with van der Waals surface area (Å²) in [6, 6.07) is 6.60. The number of rotatable bonds is 6. The van der Waals surface area contributed by atoms with E-state index in [1.165, 1.54) is 16.7 Å². The average Bonchev–Trinajstić information content (AvgIpc) is 2.25. The lowest BCUT2D eigenvalue weighted by molar-refractivity contribution is -0.143. The van der Waals surface area contributed by atoms with Gasteiger partial charge in [-0.1, -0.05) is 37.6 Å². The summed E-state index contributed by atoms with van der Waals surface area (Å²) in [7, 11) is 0. The molecule has 0 bridgehead atoms. The van der Waals surface area contributed by atoms with Gasteiger partial charge in [0.2, 0.25) is 0 Å². The lowest BCUT2D eigenvalue weighted by Crippen LogP contribution is -2.05. The smallest absolute Gasteiger partial charge is 0.306 e. The van der Waals surface area contributed by atoms with Crippen molar-refractivity contribution in [2.45, 2.75) is 47.0 Å². The van der Waals surface area contributed by atoms with E-state index in [-0.39, 0.29) is 5.97 Å². The van der Waals surface area contributed by atoms with Crippen molar-refractivity contribution in [3.05, 3.63) is 34.9 Å². The molecule has 1 aromatic rings. The van der Waals surface area contributed by atoms with E-state index in [0.717, 1.165) is 12.8 Å². The Labute approximate surface area is 110 Å². The highest BCUT2D eigenvalue weighted by atomic mass is 16.5. The molecule has 100 valence electrons. The summed E-state index contributed by atoms with van der Waals surface area (Å²) in [4.78, 5) is 11.3. The van der Waals surface area contributed by atoms with Crippen LogP contribution in [0.25, 0.3) is 0 Å². The van der Waals surface area contributed by atoms with Gasteiger partial charge in [0.25, 0.3) is 0 Å². The minimum absolute atomic E-state index is 0.107. The van der Waals surface area contributed by atoms with Crippen LogP contribution in [-0.2, 0) is 22.4 Å². The van der Waals surface area contributed by atoms with E-state index in [1.54, 1.807) is 0 Å². The molecule has 0 saturated heterocycles. The van der Waals surface area contributed by atoms with Crippen LogP contribution in [0.5, 0.6) is 0 Å². The van der Waals surface area contributed by atoms with Gasteiger partial charge < -0.3 is 4.74 Å². The molecule has 0 amide bonds. The van der Waals surface area contributed by atoms with Gasteiger partial charge in [-0.15, -0.1) is 0 Å². The molecule has 1 aromatic carbocycles. The van der Waals surface area contributed by atoms with Crippen LogP contribution >= 0.6 is 0 Å². The molecule has 0 atom stereocenters. The second-order valence-electron chi connectivity index (χ2n) is 5.23. The van der Waals surface area contributed by atoms with E-state index in [4.69, 9.17) is 4.74 Å². The number of aryl methyl sites for hydroxylation is 2. The largest absolute Gasteiger partial charge is 0.466 e. The van der Waals surface area contributed by atoms with E-state index in [9.17, 15) is 4.79 Å². The molecular formula is C16H24O2. The van der Waals surface area contributed by atoms with E-state index in [2.05, 4.69) is 39.0 Å². The molecule has 0 unspecified atom stereocenters. The Bertz CT molecular complexity index is 394. The first-order valence-corrected chi connectivity index (χ1v) is 6.76. The lowest BCUT2D eigenvalue weighted by Gasteiger charge is -2.09. The molecule has 18 heavy (non-hydrogen) atoms.